The number of nitrogens with one attached hydrogen (secondary N) is 2. The van der Waals surface area contributed by atoms with E-state index in [0.29, 0.717) is 24.2 Å². The molecule has 5 heteroatoms. The van der Waals surface area contributed by atoms with Gasteiger partial charge in [-0.05, 0) is 44.4 Å². The third-order valence-corrected chi connectivity index (χ3v) is 4.20. The lowest BCUT2D eigenvalue weighted by Gasteiger charge is -2.30. The van der Waals surface area contributed by atoms with Gasteiger partial charge >= 0.3 is 6.03 Å². The Kier molecular flexibility index (Phi) is 5.88. The van der Waals surface area contributed by atoms with Crippen molar-refractivity contribution in [3.63, 3.8) is 0 Å². The summed E-state index contributed by atoms with van der Waals surface area (Å²) < 4.78 is 0. The minimum absolute atomic E-state index is 0.00815. The molecule has 1 aliphatic heterocycles. The highest BCUT2D eigenvalue weighted by Gasteiger charge is 2.21. The van der Waals surface area contributed by atoms with Crippen molar-refractivity contribution in [2.24, 2.45) is 0 Å². The maximum Gasteiger partial charge on any atom is 0.317 e. The van der Waals surface area contributed by atoms with Crippen LogP contribution in [-0.4, -0.2) is 36.1 Å². The van der Waals surface area contributed by atoms with Crippen LogP contribution in [0.4, 0.5) is 4.79 Å². The number of urea groups is 1. The van der Waals surface area contributed by atoms with Crippen molar-refractivity contribution >= 4 is 17.6 Å². The molecule has 0 aromatic heterocycles. The Morgan fingerprint density at radius 3 is 2.67 bits per heavy atom. The zero-order valence-corrected chi connectivity index (χ0v) is 13.5. The largest absolute Gasteiger partial charge is 0.334 e. The molecule has 4 nitrogen and oxygen atoms in total. The molecule has 0 aliphatic carbocycles. The number of amides is 2. The van der Waals surface area contributed by atoms with Crippen molar-refractivity contribution < 1.29 is 4.79 Å². The van der Waals surface area contributed by atoms with E-state index in [2.05, 4.69) is 17.6 Å². The molecule has 0 spiro atoms. The van der Waals surface area contributed by atoms with E-state index in [4.69, 9.17) is 11.6 Å². The van der Waals surface area contributed by atoms with Gasteiger partial charge in [0.25, 0.3) is 0 Å². The Bertz CT molecular complexity index is 455. The first kappa shape index (κ1) is 16.1. The lowest BCUT2D eigenvalue weighted by molar-refractivity contribution is 0.189. The molecule has 1 heterocycles. The minimum atomic E-state index is 0.00815. The second-order valence-electron chi connectivity index (χ2n) is 5.67. The molecule has 1 aromatic carbocycles. The van der Waals surface area contributed by atoms with Crippen LogP contribution in [0.25, 0.3) is 0 Å². The average molecular weight is 310 g/mol. The van der Waals surface area contributed by atoms with Crippen LogP contribution in [0.5, 0.6) is 0 Å². The quantitative estimate of drug-likeness (QED) is 0.898. The van der Waals surface area contributed by atoms with Gasteiger partial charge in [0.2, 0.25) is 0 Å². The van der Waals surface area contributed by atoms with Crippen molar-refractivity contribution in [2.75, 3.05) is 13.1 Å². The molecule has 1 aliphatic rings. The fourth-order valence-electron chi connectivity index (χ4n) is 2.53. The van der Waals surface area contributed by atoms with Crippen molar-refractivity contribution in [1.29, 1.82) is 0 Å². The summed E-state index contributed by atoms with van der Waals surface area (Å²) in [4.78, 5) is 14.2. The fourth-order valence-corrected chi connectivity index (χ4v) is 2.65. The molecule has 2 amide bonds. The molecule has 1 fully saturated rings. The molecule has 2 unspecified atom stereocenters. The van der Waals surface area contributed by atoms with Gasteiger partial charge in [0.1, 0.15) is 0 Å². The molecule has 0 bridgehead atoms. The van der Waals surface area contributed by atoms with E-state index >= 15 is 0 Å². The van der Waals surface area contributed by atoms with Gasteiger partial charge in [-0.3, -0.25) is 0 Å². The van der Waals surface area contributed by atoms with Crippen LogP contribution in [0.15, 0.2) is 24.3 Å². The molecule has 21 heavy (non-hydrogen) atoms. The Morgan fingerprint density at radius 1 is 1.38 bits per heavy atom. The molecule has 0 radical (unpaired) electrons. The Balaban J connectivity index is 1.87. The monoisotopic (exact) mass is 309 g/mol. The highest BCUT2D eigenvalue weighted by atomic mass is 35.5. The maximum atomic E-state index is 12.4. The molecule has 1 saturated heterocycles. The number of halogens is 1. The zero-order chi connectivity index (χ0) is 15.2. The van der Waals surface area contributed by atoms with Gasteiger partial charge in [-0.25, -0.2) is 4.79 Å². The molecular weight excluding hydrogens is 286 g/mol. The zero-order valence-electron chi connectivity index (χ0n) is 12.7. The maximum absolute atomic E-state index is 12.4. The first-order chi connectivity index (χ1) is 10.1. The Morgan fingerprint density at radius 2 is 2.10 bits per heavy atom. The predicted molar refractivity (Wildman–Crippen MR) is 86.6 cm³/mol. The molecule has 116 valence electrons. The Hall–Kier alpha value is -1.26. The lowest BCUT2D eigenvalue weighted by atomic mass is 10.0. The van der Waals surface area contributed by atoms with Gasteiger partial charge in [0.05, 0.1) is 0 Å². The third-order valence-electron chi connectivity index (χ3n) is 3.94. The van der Waals surface area contributed by atoms with Gasteiger partial charge < -0.3 is 15.5 Å². The normalized spacial score (nSPS) is 21.9. The van der Waals surface area contributed by atoms with E-state index in [0.717, 1.165) is 24.9 Å². The number of carbonyl (C=O) groups is 1. The summed E-state index contributed by atoms with van der Waals surface area (Å²) >= 11 is 5.89. The second kappa shape index (κ2) is 7.66. The number of hydrogen-bond acceptors (Lipinski definition) is 2. The number of rotatable bonds is 4. The molecule has 2 N–H and O–H groups in total. The van der Waals surface area contributed by atoms with Crippen LogP contribution in [0, 0.1) is 0 Å². The second-order valence-corrected chi connectivity index (χ2v) is 6.11. The molecule has 1 aromatic rings. The number of benzene rings is 1. The predicted octanol–water partition coefficient (Wildman–Crippen LogP) is 3.01. The smallest absolute Gasteiger partial charge is 0.317 e. The highest BCUT2D eigenvalue weighted by Crippen LogP contribution is 2.12. The van der Waals surface area contributed by atoms with Crippen molar-refractivity contribution in [3.8, 4) is 0 Å². The summed E-state index contributed by atoms with van der Waals surface area (Å²) in [7, 11) is 0. The van der Waals surface area contributed by atoms with Crippen LogP contribution in [0.1, 0.15) is 32.3 Å². The Labute approximate surface area is 131 Å². The van der Waals surface area contributed by atoms with E-state index in [1.165, 1.54) is 0 Å². The molecular formula is C16H24ClN3O. The van der Waals surface area contributed by atoms with E-state index in [1.54, 1.807) is 0 Å². The summed E-state index contributed by atoms with van der Waals surface area (Å²) in [5.41, 5.74) is 1.09. The van der Waals surface area contributed by atoms with E-state index in [-0.39, 0.29) is 12.1 Å². The summed E-state index contributed by atoms with van der Waals surface area (Å²) in [5.74, 6) is 0. The number of piperidine rings is 1. The summed E-state index contributed by atoms with van der Waals surface area (Å²) in [6, 6.07) is 8.42. The van der Waals surface area contributed by atoms with Gasteiger partial charge in [-0.1, -0.05) is 23.7 Å². The number of nitrogens with zero attached hydrogens (tertiary/aromatic N) is 1. The van der Waals surface area contributed by atoms with Crippen molar-refractivity contribution in [1.82, 2.24) is 15.5 Å². The van der Waals surface area contributed by atoms with Crippen molar-refractivity contribution in [2.45, 2.75) is 45.3 Å². The van der Waals surface area contributed by atoms with E-state index in [1.807, 2.05) is 36.1 Å². The number of carbonyl (C=O) groups excluding carboxylic acids is 1. The van der Waals surface area contributed by atoms with Gasteiger partial charge in [0.15, 0.2) is 0 Å². The lowest BCUT2D eigenvalue weighted by Crippen LogP contribution is -2.52. The minimum Gasteiger partial charge on any atom is -0.334 e. The standard InChI is InChI=1S/C16H24ClN3O/c1-3-20(11-13-5-7-14(17)8-6-13)16(21)19-15-9-4-12(2)18-10-15/h5-8,12,15,18H,3-4,9-11H2,1-2H3,(H,19,21). The fraction of sp³-hybridized carbons (Fsp3) is 0.562. The first-order valence-electron chi connectivity index (χ1n) is 7.61. The van der Waals surface area contributed by atoms with Crippen LogP contribution in [-0.2, 0) is 6.54 Å². The van der Waals surface area contributed by atoms with Crippen LogP contribution in [0.3, 0.4) is 0 Å². The number of hydrogen-bond donors (Lipinski definition) is 2. The molecule has 2 rings (SSSR count). The van der Waals surface area contributed by atoms with Crippen LogP contribution in [0.2, 0.25) is 5.02 Å². The van der Waals surface area contributed by atoms with Crippen LogP contribution >= 0.6 is 11.6 Å². The summed E-state index contributed by atoms with van der Waals surface area (Å²) in [6.07, 6.45) is 2.15. The van der Waals surface area contributed by atoms with Gasteiger partial charge in [-0.15, -0.1) is 0 Å². The summed E-state index contributed by atoms with van der Waals surface area (Å²) in [5, 5.41) is 7.24. The summed E-state index contributed by atoms with van der Waals surface area (Å²) in [6.45, 7) is 6.32. The molecule has 0 saturated carbocycles. The average Bonchev–Trinajstić information content (AvgIpc) is 2.49. The third kappa shape index (κ3) is 4.90. The topological polar surface area (TPSA) is 44.4 Å². The van der Waals surface area contributed by atoms with E-state index < -0.39 is 0 Å². The molecule has 2 atom stereocenters. The van der Waals surface area contributed by atoms with Crippen molar-refractivity contribution in [3.05, 3.63) is 34.9 Å². The highest BCUT2D eigenvalue weighted by molar-refractivity contribution is 6.30. The SMILES string of the molecule is CCN(Cc1ccc(Cl)cc1)C(=O)NC1CCC(C)NC1. The van der Waals surface area contributed by atoms with Gasteiger partial charge in [0, 0.05) is 36.7 Å². The van der Waals surface area contributed by atoms with Gasteiger partial charge in [-0.2, -0.15) is 0 Å². The first-order valence-corrected chi connectivity index (χ1v) is 7.99. The van der Waals surface area contributed by atoms with E-state index in [9.17, 15) is 4.79 Å². The van der Waals surface area contributed by atoms with Crippen LogP contribution < -0.4 is 10.6 Å².